The first-order chi connectivity index (χ1) is 9.17. The summed E-state index contributed by atoms with van der Waals surface area (Å²) in [6.45, 7) is 2.96. The fraction of sp³-hybridized carbons (Fsp3) is 0.786. The van der Waals surface area contributed by atoms with Crippen LogP contribution in [0.25, 0.3) is 0 Å². The zero-order valence-electron chi connectivity index (χ0n) is 12.1. The Bertz CT molecular complexity index is 413. The first kappa shape index (κ1) is 14.8. The first-order valence-corrected chi connectivity index (χ1v) is 7.54. The van der Waals surface area contributed by atoms with Crippen LogP contribution in [0, 0.1) is 0 Å². The predicted octanol–water partition coefficient (Wildman–Crippen LogP) is 2.34. The molecule has 5 heteroatoms. The van der Waals surface area contributed by atoms with E-state index < -0.39 is 0 Å². The van der Waals surface area contributed by atoms with Crippen molar-refractivity contribution in [3.63, 3.8) is 0 Å². The second-order valence-corrected chi connectivity index (χ2v) is 5.57. The van der Waals surface area contributed by atoms with Crippen LogP contribution >= 0.6 is 11.6 Å². The van der Waals surface area contributed by atoms with Crippen molar-refractivity contribution in [3.05, 3.63) is 16.4 Å². The van der Waals surface area contributed by atoms with Crippen molar-refractivity contribution in [2.45, 2.75) is 51.2 Å². The van der Waals surface area contributed by atoms with Crippen molar-refractivity contribution in [2.75, 3.05) is 13.7 Å². The maximum atomic E-state index is 6.42. The number of hydrogen-bond acceptors (Lipinski definition) is 3. The Kier molecular flexibility index (Phi) is 5.25. The van der Waals surface area contributed by atoms with Gasteiger partial charge in [-0.15, -0.1) is 0 Å². The van der Waals surface area contributed by atoms with Crippen molar-refractivity contribution in [1.82, 2.24) is 15.1 Å². The summed E-state index contributed by atoms with van der Waals surface area (Å²) < 4.78 is 7.79. The molecule has 0 spiro atoms. The zero-order chi connectivity index (χ0) is 13.8. The molecule has 0 aliphatic carbocycles. The van der Waals surface area contributed by atoms with Gasteiger partial charge in [0.1, 0.15) is 0 Å². The number of ether oxygens (including phenoxy) is 1. The van der Waals surface area contributed by atoms with E-state index in [1.54, 1.807) is 0 Å². The summed E-state index contributed by atoms with van der Waals surface area (Å²) in [5, 5.41) is 8.67. The molecule has 0 aromatic carbocycles. The molecule has 4 nitrogen and oxygen atoms in total. The highest BCUT2D eigenvalue weighted by Gasteiger charge is 2.26. The number of likely N-dealkylation sites (N-methyl/N-ethyl adjacent to an activating group) is 1. The molecule has 0 radical (unpaired) electrons. The van der Waals surface area contributed by atoms with Gasteiger partial charge in [-0.25, -0.2) is 0 Å². The molecule has 1 fully saturated rings. The van der Waals surface area contributed by atoms with Crippen LogP contribution in [-0.4, -0.2) is 35.6 Å². The van der Waals surface area contributed by atoms with E-state index >= 15 is 0 Å². The van der Waals surface area contributed by atoms with Crippen LogP contribution in [-0.2, 0) is 24.6 Å². The molecule has 2 heterocycles. The van der Waals surface area contributed by atoms with Crippen molar-refractivity contribution in [2.24, 2.45) is 7.05 Å². The minimum Gasteiger partial charge on any atom is -0.377 e. The van der Waals surface area contributed by atoms with Gasteiger partial charge in [0, 0.05) is 26.1 Å². The molecular formula is C14H24ClN3O. The highest BCUT2D eigenvalue weighted by molar-refractivity contribution is 6.31. The third-order valence-corrected chi connectivity index (χ3v) is 4.39. The molecule has 2 rings (SSSR count). The molecule has 0 amide bonds. The molecule has 1 aromatic heterocycles. The Labute approximate surface area is 120 Å². The van der Waals surface area contributed by atoms with Crippen LogP contribution < -0.4 is 5.32 Å². The molecule has 1 aliphatic rings. The maximum Gasteiger partial charge on any atom is 0.0850 e. The van der Waals surface area contributed by atoms with E-state index in [-0.39, 0.29) is 6.10 Å². The van der Waals surface area contributed by atoms with Crippen molar-refractivity contribution in [3.8, 4) is 0 Å². The van der Waals surface area contributed by atoms with E-state index in [2.05, 4.69) is 17.3 Å². The Morgan fingerprint density at radius 2 is 2.32 bits per heavy atom. The Hall–Kier alpha value is -0.580. The van der Waals surface area contributed by atoms with E-state index in [1.807, 2.05) is 18.8 Å². The molecule has 0 bridgehead atoms. The van der Waals surface area contributed by atoms with Gasteiger partial charge in [-0.05, 0) is 32.7 Å². The van der Waals surface area contributed by atoms with E-state index in [0.29, 0.717) is 6.04 Å². The molecule has 2 unspecified atom stereocenters. The summed E-state index contributed by atoms with van der Waals surface area (Å²) in [5.41, 5.74) is 2.09. The Morgan fingerprint density at radius 1 is 1.53 bits per heavy atom. The molecule has 2 atom stereocenters. The van der Waals surface area contributed by atoms with Crippen LogP contribution in [0.4, 0.5) is 0 Å². The number of nitrogens with zero attached hydrogens (tertiary/aromatic N) is 2. The van der Waals surface area contributed by atoms with Crippen LogP contribution in [0.3, 0.4) is 0 Å². The topological polar surface area (TPSA) is 39.1 Å². The van der Waals surface area contributed by atoms with Gasteiger partial charge in [-0.1, -0.05) is 18.5 Å². The number of rotatable bonds is 5. The second kappa shape index (κ2) is 6.73. The number of hydrogen-bond donors (Lipinski definition) is 1. The number of aromatic nitrogens is 2. The number of halogens is 1. The largest absolute Gasteiger partial charge is 0.377 e. The van der Waals surface area contributed by atoms with E-state index in [1.165, 1.54) is 12.8 Å². The Balaban J connectivity index is 2.11. The van der Waals surface area contributed by atoms with Crippen LogP contribution in [0.5, 0.6) is 0 Å². The van der Waals surface area contributed by atoms with Gasteiger partial charge in [0.2, 0.25) is 0 Å². The third kappa shape index (κ3) is 3.30. The van der Waals surface area contributed by atoms with Gasteiger partial charge in [0.15, 0.2) is 0 Å². The average molecular weight is 286 g/mol. The normalized spacial score (nSPS) is 21.6. The summed E-state index contributed by atoms with van der Waals surface area (Å²) >= 11 is 6.42. The summed E-state index contributed by atoms with van der Waals surface area (Å²) in [5.74, 6) is 0. The molecule has 1 saturated heterocycles. The van der Waals surface area contributed by atoms with E-state index in [9.17, 15) is 0 Å². The summed E-state index contributed by atoms with van der Waals surface area (Å²) in [7, 11) is 3.96. The maximum absolute atomic E-state index is 6.42. The smallest absolute Gasteiger partial charge is 0.0850 e. The van der Waals surface area contributed by atoms with Crippen molar-refractivity contribution in [1.29, 1.82) is 0 Å². The van der Waals surface area contributed by atoms with Crippen molar-refractivity contribution >= 4 is 11.6 Å². The molecule has 19 heavy (non-hydrogen) atoms. The lowest BCUT2D eigenvalue weighted by atomic mass is 9.98. The second-order valence-electron chi connectivity index (χ2n) is 5.19. The van der Waals surface area contributed by atoms with Crippen LogP contribution in [0.2, 0.25) is 5.02 Å². The predicted molar refractivity (Wildman–Crippen MR) is 77.7 cm³/mol. The fourth-order valence-electron chi connectivity index (χ4n) is 2.75. The van der Waals surface area contributed by atoms with E-state index in [0.717, 1.165) is 42.3 Å². The minimum atomic E-state index is 0.287. The lowest BCUT2D eigenvalue weighted by Crippen LogP contribution is -2.43. The molecule has 0 saturated carbocycles. The van der Waals surface area contributed by atoms with Gasteiger partial charge >= 0.3 is 0 Å². The Morgan fingerprint density at radius 3 is 2.84 bits per heavy atom. The summed E-state index contributed by atoms with van der Waals surface area (Å²) in [6.07, 6.45) is 5.58. The summed E-state index contributed by atoms with van der Waals surface area (Å²) in [6, 6.07) is 0.304. The average Bonchev–Trinajstić information content (AvgIpc) is 2.72. The van der Waals surface area contributed by atoms with Gasteiger partial charge in [-0.3, -0.25) is 4.68 Å². The lowest BCUT2D eigenvalue weighted by molar-refractivity contribution is -0.00619. The lowest BCUT2D eigenvalue weighted by Gasteiger charge is -2.30. The minimum absolute atomic E-state index is 0.287. The quantitative estimate of drug-likeness (QED) is 0.902. The SMILES string of the molecule is CCc1nn(C)c(CC(NC)C2CCCCO2)c1Cl. The molecule has 108 valence electrons. The highest BCUT2D eigenvalue weighted by Crippen LogP contribution is 2.25. The summed E-state index contributed by atoms with van der Waals surface area (Å²) in [4.78, 5) is 0. The monoisotopic (exact) mass is 285 g/mol. The first-order valence-electron chi connectivity index (χ1n) is 7.16. The molecule has 1 aromatic rings. The van der Waals surface area contributed by atoms with Gasteiger partial charge in [0.05, 0.1) is 22.5 Å². The molecular weight excluding hydrogens is 262 g/mol. The van der Waals surface area contributed by atoms with Crippen LogP contribution in [0.15, 0.2) is 0 Å². The fourth-order valence-corrected chi connectivity index (χ4v) is 3.12. The van der Waals surface area contributed by atoms with Gasteiger partial charge < -0.3 is 10.1 Å². The standard InChI is InChI=1S/C14H24ClN3O/c1-4-10-14(15)12(18(3)17-10)9-11(16-2)13-7-5-6-8-19-13/h11,13,16H,4-9H2,1-3H3. The number of aryl methyl sites for hydroxylation is 2. The van der Waals surface area contributed by atoms with Gasteiger partial charge in [-0.2, -0.15) is 5.10 Å². The highest BCUT2D eigenvalue weighted by atomic mass is 35.5. The van der Waals surface area contributed by atoms with Crippen LogP contribution in [0.1, 0.15) is 37.6 Å². The van der Waals surface area contributed by atoms with Crippen molar-refractivity contribution < 1.29 is 4.74 Å². The van der Waals surface area contributed by atoms with E-state index in [4.69, 9.17) is 16.3 Å². The number of nitrogens with one attached hydrogen (secondary N) is 1. The zero-order valence-corrected chi connectivity index (χ0v) is 12.8. The molecule has 1 aliphatic heterocycles. The van der Waals surface area contributed by atoms with Gasteiger partial charge in [0.25, 0.3) is 0 Å². The third-order valence-electron chi connectivity index (χ3n) is 3.95. The molecule has 1 N–H and O–H groups in total.